The summed E-state index contributed by atoms with van der Waals surface area (Å²) in [6.45, 7) is 6.26. The molecule has 0 aliphatic heterocycles. The minimum Gasteiger partial charge on any atom is -0.492 e. The highest BCUT2D eigenvalue weighted by Gasteiger charge is 2.03. The van der Waals surface area contributed by atoms with Gasteiger partial charge in [0.2, 0.25) is 0 Å². The average Bonchev–Trinajstić information content (AvgIpc) is 2.28. The van der Waals surface area contributed by atoms with Crippen molar-refractivity contribution in [3.63, 3.8) is 0 Å². The zero-order chi connectivity index (χ0) is 11.5. The normalized spacial score (nSPS) is 10.3. The van der Waals surface area contributed by atoms with Crippen LogP contribution in [0.5, 0.6) is 0 Å². The van der Waals surface area contributed by atoms with Gasteiger partial charge in [0.05, 0.1) is 23.8 Å². The summed E-state index contributed by atoms with van der Waals surface area (Å²) in [4.78, 5) is 8.65. The molecule has 0 aliphatic carbocycles. The van der Waals surface area contributed by atoms with E-state index in [9.17, 15) is 0 Å². The molecule has 0 unspecified atom stereocenters. The fourth-order valence-corrected chi connectivity index (χ4v) is 1.41. The van der Waals surface area contributed by atoms with Crippen LogP contribution < -0.4 is 5.46 Å². The predicted molar refractivity (Wildman–Crippen MR) is 65.6 cm³/mol. The lowest BCUT2D eigenvalue weighted by molar-refractivity contribution is 0.298. The molecule has 1 heterocycles. The minimum atomic E-state index is 0.536. The quantitative estimate of drug-likeness (QED) is 0.567. The van der Waals surface area contributed by atoms with E-state index in [1.54, 1.807) is 18.3 Å². The van der Waals surface area contributed by atoms with Crippen molar-refractivity contribution in [2.75, 3.05) is 6.61 Å². The second-order valence-corrected chi connectivity index (χ2v) is 3.36. The molecule has 78 valence electrons. The molecule has 0 amide bonds. The van der Waals surface area contributed by atoms with Crippen LogP contribution in [0.3, 0.4) is 0 Å². The molecule has 3 nitrogen and oxygen atoms in total. The number of hydrogen-bond donors (Lipinski definition) is 0. The van der Waals surface area contributed by atoms with Crippen molar-refractivity contribution < 1.29 is 4.74 Å². The van der Waals surface area contributed by atoms with Gasteiger partial charge >= 0.3 is 0 Å². The molecular formula is C12H11BN2O. The molecule has 16 heavy (non-hydrogen) atoms. The first-order chi connectivity index (χ1) is 7.70. The molecule has 1 aromatic heterocycles. The van der Waals surface area contributed by atoms with Crippen molar-refractivity contribution >= 4 is 30.1 Å². The zero-order valence-electron chi connectivity index (χ0n) is 9.10. The van der Waals surface area contributed by atoms with Gasteiger partial charge in [-0.3, -0.25) is 4.98 Å². The fraction of sp³-hybridized carbons (Fsp3) is 0.167. The molecule has 0 atom stereocenters. The van der Waals surface area contributed by atoms with Gasteiger partial charge < -0.3 is 4.74 Å². The Kier molecular flexibility index (Phi) is 2.90. The van der Waals surface area contributed by atoms with Crippen molar-refractivity contribution in [3.8, 4) is 0 Å². The molecule has 2 rings (SSSR count). The number of benzene rings is 1. The second-order valence-electron chi connectivity index (χ2n) is 3.36. The summed E-state index contributed by atoms with van der Waals surface area (Å²) >= 11 is 0. The second kappa shape index (κ2) is 4.35. The topological polar surface area (TPSA) is 35.0 Å². The highest BCUT2D eigenvalue weighted by molar-refractivity contribution is 6.33. The molecule has 0 aliphatic rings. The monoisotopic (exact) mass is 210 g/mol. The van der Waals surface area contributed by atoms with Crippen LogP contribution in [0.4, 0.5) is 0 Å². The largest absolute Gasteiger partial charge is 0.492 e. The van der Waals surface area contributed by atoms with Gasteiger partial charge in [0.25, 0.3) is 0 Å². The first kappa shape index (κ1) is 10.7. The van der Waals surface area contributed by atoms with Gasteiger partial charge in [-0.1, -0.05) is 18.1 Å². The maximum Gasteiger partial charge on any atom is 0.139 e. The third-order valence-corrected chi connectivity index (χ3v) is 2.17. The van der Waals surface area contributed by atoms with Gasteiger partial charge in [-0.15, -0.1) is 0 Å². The van der Waals surface area contributed by atoms with Crippen LogP contribution in [0.2, 0.25) is 0 Å². The third kappa shape index (κ3) is 2.05. The Labute approximate surface area is 95.6 Å². The van der Waals surface area contributed by atoms with Gasteiger partial charge in [0, 0.05) is 0 Å². The van der Waals surface area contributed by atoms with Crippen molar-refractivity contribution in [3.05, 3.63) is 36.7 Å². The van der Waals surface area contributed by atoms with E-state index >= 15 is 0 Å². The first-order valence-corrected chi connectivity index (χ1v) is 5.05. The number of nitrogens with zero attached hydrogens (tertiary/aromatic N) is 2. The minimum absolute atomic E-state index is 0.536. The fourth-order valence-electron chi connectivity index (χ4n) is 1.41. The molecule has 0 saturated heterocycles. The smallest absolute Gasteiger partial charge is 0.139 e. The van der Waals surface area contributed by atoms with E-state index in [1.807, 2.05) is 13.0 Å². The Hall–Kier alpha value is -1.84. The van der Waals surface area contributed by atoms with E-state index in [0.717, 1.165) is 11.0 Å². The molecule has 4 heteroatoms. The van der Waals surface area contributed by atoms with Gasteiger partial charge in [0.1, 0.15) is 19.3 Å². The maximum absolute atomic E-state index is 5.66. The summed E-state index contributed by atoms with van der Waals surface area (Å²) in [5.74, 6) is 0.536. The lowest BCUT2D eigenvalue weighted by atomic mass is 9.96. The Bertz CT molecular complexity index is 540. The number of aromatic nitrogens is 2. The lowest BCUT2D eigenvalue weighted by Gasteiger charge is -2.06. The van der Waals surface area contributed by atoms with Crippen LogP contribution in [0.25, 0.3) is 16.8 Å². The molecular weight excluding hydrogens is 199 g/mol. The summed E-state index contributed by atoms with van der Waals surface area (Å²) in [7, 11) is 5.66. The van der Waals surface area contributed by atoms with E-state index < -0.39 is 0 Å². The zero-order valence-corrected chi connectivity index (χ0v) is 9.10. The summed E-state index contributed by atoms with van der Waals surface area (Å²) in [6.07, 6.45) is 1.64. The van der Waals surface area contributed by atoms with Gasteiger partial charge in [0.15, 0.2) is 0 Å². The van der Waals surface area contributed by atoms with Crippen LogP contribution in [-0.4, -0.2) is 24.4 Å². The number of ether oxygens (including phenoxy) is 1. The molecule has 0 saturated carbocycles. The van der Waals surface area contributed by atoms with Crippen molar-refractivity contribution in [2.45, 2.75) is 6.92 Å². The SMILES string of the molecule is [B]c1ccc2nc(C(=C)OCC)cnc2c1. The molecule has 2 aromatic rings. The number of hydrogen-bond acceptors (Lipinski definition) is 3. The van der Waals surface area contributed by atoms with Crippen LogP contribution in [0, 0.1) is 0 Å². The average molecular weight is 210 g/mol. The van der Waals surface area contributed by atoms with Gasteiger partial charge in [-0.2, -0.15) is 0 Å². The first-order valence-electron chi connectivity index (χ1n) is 5.05. The van der Waals surface area contributed by atoms with Crippen molar-refractivity contribution in [2.24, 2.45) is 0 Å². The number of fused-ring (bicyclic) bond motifs is 1. The van der Waals surface area contributed by atoms with Crippen molar-refractivity contribution in [1.82, 2.24) is 9.97 Å². The summed E-state index contributed by atoms with van der Waals surface area (Å²) in [5.41, 5.74) is 2.89. The van der Waals surface area contributed by atoms with Crippen LogP contribution in [-0.2, 0) is 4.74 Å². The Morgan fingerprint density at radius 2 is 2.25 bits per heavy atom. The van der Waals surface area contributed by atoms with E-state index in [2.05, 4.69) is 16.5 Å². The molecule has 0 fully saturated rings. The molecule has 0 N–H and O–H groups in total. The Morgan fingerprint density at radius 1 is 1.44 bits per heavy atom. The van der Waals surface area contributed by atoms with Gasteiger partial charge in [-0.25, -0.2) is 4.98 Å². The van der Waals surface area contributed by atoms with Crippen molar-refractivity contribution in [1.29, 1.82) is 0 Å². The Balaban J connectivity index is 2.44. The van der Waals surface area contributed by atoms with E-state index in [-0.39, 0.29) is 0 Å². The number of rotatable bonds is 3. The maximum atomic E-state index is 5.66. The summed E-state index contributed by atoms with van der Waals surface area (Å²) in [5, 5.41) is 0. The standard InChI is InChI=1S/C12H11BN2O/c1-3-16-8(2)12-7-14-11-6-9(13)4-5-10(11)15-12/h4-7H,2-3H2,1H3. The molecule has 2 radical (unpaired) electrons. The Morgan fingerprint density at radius 3 is 3.00 bits per heavy atom. The van der Waals surface area contributed by atoms with E-state index in [1.165, 1.54) is 0 Å². The molecule has 0 spiro atoms. The highest BCUT2D eigenvalue weighted by Crippen LogP contribution is 2.13. The van der Waals surface area contributed by atoms with Gasteiger partial charge in [-0.05, 0) is 19.1 Å². The third-order valence-electron chi connectivity index (χ3n) is 2.17. The lowest BCUT2D eigenvalue weighted by Crippen LogP contribution is -2.02. The van der Waals surface area contributed by atoms with E-state index in [0.29, 0.717) is 23.5 Å². The van der Waals surface area contributed by atoms with Crippen LogP contribution >= 0.6 is 0 Å². The van der Waals surface area contributed by atoms with Crippen LogP contribution in [0.1, 0.15) is 12.6 Å². The summed E-state index contributed by atoms with van der Waals surface area (Å²) in [6, 6.07) is 5.42. The highest BCUT2D eigenvalue weighted by atomic mass is 16.5. The predicted octanol–water partition coefficient (Wildman–Crippen LogP) is 1.43. The molecule has 0 bridgehead atoms. The molecule has 1 aromatic carbocycles. The van der Waals surface area contributed by atoms with E-state index in [4.69, 9.17) is 12.6 Å². The summed E-state index contributed by atoms with van der Waals surface area (Å²) < 4.78 is 5.28. The van der Waals surface area contributed by atoms with Crippen LogP contribution in [0.15, 0.2) is 31.0 Å².